The Kier molecular flexibility index (Phi) is 28.9. The molecule has 3 aromatic carbocycles. The molecule has 33 heteroatoms. The van der Waals surface area contributed by atoms with Crippen LogP contribution < -0.4 is 42.0 Å². The van der Waals surface area contributed by atoms with Gasteiger partial charge in [0.1, 0.15) is 30.2 Å². The van der Waals surface area contributed by atoms with Crippen LogP contribution in [0.1, 0.15) is 86.0 Å². The third-order valence-electron chi connectivity index (χ3n) is 23.8. The molecule has 4 saturated heterocycles. The molecule has 11 heterocycles. The molecule has 7 aromatic heterocycles. The number of rotatable bonds is 29. The van der Waals surface area contributed by atoms with Crippen molar-refractivity contribution in [3.05, 3.63) is 208 Å². The number of carbonyl (C=O) groups excluding carboxylic acids is 3. The first-order valence-electron chi connectivity index (χ1n) is 42.6. The maximum Gasteiger partial charge on any atom is 0.244 e. The van der Waals surface area contributed by atoms with Gasteiger partial charge in [0, 0.05) is 184 Å². The lowest BCUT2D eigenvalue weighted by Gasteiger charge is -2.36. The molecule has 0 bridgehead atoms. The summed E-state index contributed by atoms with van der Waals surface area (Å²) in [7, 11) is 13.1. The molecule has 0 unspecified atom stereocenters. The highest BCUT2D eigenvalue weighted by Gasteiger charge is 2.35. The number of likely N-dealkylation sites (N-methyl/N-ethyl adjacent to an activating group) is 4. The summed E-state index contributed by atoms with van der Waals surface area (Å²) >= 11 is 0. The maximum atomic E-state index is 13.5. The van der Waals surface area contributed by atoms with Crippen molar-refractivity contribution in [1.29, 1.82) is 0 Å². The molecule has 4 aliphatic heterocycles. The van der Waals surface area contributed by atoms with Crippen molar-refractivity contribution in [2.45, 2.75) is 77.0 Å². The number of hydrogen-bond acceptors (Lipinski definition) is 28. The van der Waals surface area contributed by atoms with Crippen molar-refractivity contribution in [2.75, 3.05) is 206 Å². The minimum atomic E-state index is -0.338. The molecule has 650 valence electrons. The number of benzene rings is 3. The first-order chi connectivity index (χ1) is 60.5. The van der Waals surface area contributed by atoms with E-state index in [2.05, 4.69) is 164 Å². The molecule has 10 aromatic rings. The van der Waals surface area contributed by atoms with Crippen LogP contribution in [0.15, 0.2) is 141 Å². The zero-order chi connectivity index (χ0) is 86.2. The standard InChI is InChI=1S/2C31H40N8O3.C29H33N9O2/c1-21-17-32-31(34-22-18-33-39(19-22)23-9-15-42-16-10-23)36-29(21)26-8-7-25-24(26)5-4-6-27(25)35-30(40)28(20-41-3)38-13-11-37(2)12-14-38;1-21-18-34-31(35-22-8-11-28(33-19-22)42-17-12-32-2)37-29(21)25-10-9-24-23(25)6-5-7-26(24)36-30(40)27(20-41-4)39-15-13-38(3)14-16-39;1-18-14-31-29(33-19-13-24-25(30-15-19)16-32-36-24)35-27(18)22-8-7-21-20(22)5-4-6-23(21)34-28(39)26(17-40-3)38-11-9-37(2)10-12-38/h4-6,8,17-19,23,28H,7,9-16,20H2,1-3H3,(H,35,40)(H,32,34,36);5-8,10-11,18-19,27,32H,9,12-17,20H2,1-4H3,(H,36,40)(H,34,35,37);4-6,8,13-16,26H,7,9-12,17H2,1-3H3,(H,32,36)(H,34,39)(H,31,33,35)/t28-;27-;26-/m111/s1. The van der Waals surface area contributed by atoms with E-state index >= 15 is 0 Å². The largest absolute Gasteiger partial charge is 0.476 e. The summed E-state index contributed by atoms with van der Waals surface area (Å²) in [6, 6.07) is 23.1. The van der Waals surface area contributed by atoms with Gasteiger partial charge in [-0.2, -0.15) is 10.2 Å². The van der Waals surface area contributed by atoms with Gasteiger partial charge in [0.05, 0.1) is 90.3 Å². The number of methoxy groups -OCH3 is 3. The second-order valence-corrected chi connectivity index (χ2v) is 32.3. The van der Waals surface area contributed by atoms with Gasteiger partial charge in [-0.25, -0.2) is 34.9 Å². The summed E-state index contributed by atoms with van der Waals surface area (Å²) < 4.78 is 29.4. The van der Waals surface area contributed by atoms with Gasteiger partial charge in [-0.1, -0.05) is 54.6 Å². The number of aromatic nitrogens is 12. The van der Waals surface area contributed by atoms with Crippen LogP contribution >= 0.6 is 0 Å². The van der Waals surface area contributed by atoms with Gasteiger partial charge in [-0.05, 0) is 161 Å². The molecule has 124 heavy (non-hydrogen) atoms. The quantitative estimate of drug-likeness (QED) is 0.0203. The van der Waals surface area contributed by atoms with Crippen LogP contribution in [0, 0.1) is 20.8 Å². The fraction of sp³-hybridized carbons (Fsp3) is 0.418. The van der Waals surface area contributed by atoms with Crippen LogP contribution in [0.2, 0.25) is 0 Å². The number of H-pyrrole nitrogens is 1. The number of piperazine rings is 3. The van der Waals surface area contributed by atoms with Crippen molar-refractivity contribution in [3.8, 4) is 5.88 Å². The summed E-state index contributed by atoms with van der Waals surface area (Å²) in [4.78, 5) is 90.9. The Morgan fingerprint density at radius 2 is 0.911 bits per heavy atom. The minimum Gasteiger partial charge on any atom is -0.476 e. The number of aromatic amines is 1. The number of fused-ring (bicyclic) bond motifs is 4. The van der Waals surface area contributed by atoms with Crippen molar-refractivity contribution in [2.24, 2.45) is 0 Å². The van der Waals surface area contributed by atoms with E-state index < -0.39 is 0 Å². The Morgan fingerprint density at radius 3 is 1.32 bits per heavy atom. The van der Waals surface area contributed by atoms with Gasteiger partial charge in [0.25, 0.3) is 0 Å². The molecule has 0 saturated carbocycles. The van der Waals surface area contributed by atoms with E-state index in [1.54, 1.807) is 39.9 Å². The molecule has 17 rings (SSSR count). The Hall–Kier alpha value is -11.7. The van der Waals surface area contributed by atoms with Gasteiger partial charge in [-0.15, -0.1) is 0 Å². The number of ether oxygens (including phenoxy) is 5. The van der Waals surface area contributed by atoms with Crippen LogP contribution in [0.4, 0.5) is 52.0 Å². The van der Waals surface area contributed by atoms with E-state index in [0.717, 1.165) is 240 Å². The van der Waals surface area contributed by atoms with E-state index in [4.69, 9.17) is 38.6 Å². The Morgan fingerprint density at radius 1 is 0.492 bits per heavy atom. The third kappa shape index (κ3) is 21.0. The number of amides is 3. The summed E-state index contributed by atoms with van der Waals surface area (Å²) in [5, 5.41) is 34.1. The molecule has 8 N–H and O–H groups in total. The van der Waals surface area contributed by atoms with E-state index in [1.165, 1.54) is 0 Å². The monoisotopic (exact) mass is 1680 g/mol. The van der Waals surface area contributed by atoms with E-state index in [1.807, 2.05) is 118 Å². The predicted octanol–water partition coefficient (Wildman–Crippen LogP) is 8.96. The second kappa shape index (κ2) is 41.2. The molecule has 4 fully saturated rings. The summed E-state index contributed by atoms with van der Waals surface area (Å²) in [6.07, 6.45) is 25.0. The van der Waals surface area contributed by atoms with Gasteiger partial charge in [0.15, 0.2) is 0 Å². The highest BCUT2D eigenvalue weighted by molar-refractivity contribution is 6.00. The SMILES string of the molecule is CNCCOc1ccc(Nc2ncc(C)c(C3=CCc4c(NC(=O)[C@@H](COC)N5CCN(C)CC5)cccc43)n2)cn1.COC[C@H](C(=O)Nc1cccc2c1CC=C2c1nc(Nc2cnc3cn[nH]c3c2)ncc1C)N1CCN(C)CC1.COC[C@H](C(=O)Nc1cccc2c1CC=C2c1nc(Nc2cnn(C3CCOCC3)c2)ncc1C)N1CCN(C)CC1. The summed E-state index contributed by atoms with van der Waals surface area (Å²) in [5.41, 5.74) is 21.6. The molecule has 3 atom stereocenters. The molecule has 33 nitrogen and oxygen atoms in total. The smallest absolute Gasteiger partial charge is 0.244 e. The molecular weight excluding hydrogens is 1570 g/mol. The fourth-order valence-electron chi connectivity index (χ4n) is 16.7. The van der Waals surface area contributed by atoms with Crippen LogP contribution in [0.3, 0.4) is 0 Å². The van der Waals surface area contributed by atoms with E-state index in [-0.39, 0.29) is 35.8 Å². The number of nitrogens with one attached hydrogen (secondary N) is 8. The van der Waals surface area contributed by atoms with Crippen molar-refractivity contribution in [3.63, 3.8) is 0 Å². The Bertz CT molecular complexity index is 5470. The molecule has 0 spiro atoms. The van der Waals surface area contributed by atoms with Crippen molar-refractivity contribution >= 4 is 97.4 Å². The van der Waals surface area contributed by atoms with Crippen molar-refractivity contribution < 1.29 is 38.1 Å². The van der Waals surface area contributed by atoms with Gasteiger partial charge in [0.2, 0.25) is 41.4 Å². The topological polar surface area (TPSA) is 351 Å². The third-order valence-corrected chi connectivity index (χ3v) is 23.8. The van der Waals surface area contributed by atoms with E-state index in [0.29, 0.717) is 75.5 Å². The average Bonchev–Trinajstić information content (AvgIpc) is 1.63. The number of hydrogen-bond donors (Lipinski definition) is 8. The minimum absolute atomic E-state index is 0.0331. The van der Waals surface area contributed by atoms with Gasteiger partial charge in [-0.3, -0.25) is 43.8 Å². The lowest BCUT2D eigenvalue weighted by atomic mass is 9.99. The maximum absolute atomic E-state index is 13.5. The molecule has 7 aliphatic rings. The number of allylic oxidation sites excluding steroid dienone is 3. The number of nitrogens with zero attached hydrogens (tertiary/aromatic N) is 17. The summed E-state index contributed by atoms with van der Waals surface area (Å²) in [6.45, 7) is 20.6. The fourth-order valence-corrected chi connectivity index (χ4v) is 16.7. The highest BCUT2D eigenvalue weighted by Crippen LogP contribution is 2.42. The Balaban J connectivity index is 0.000000144. The Labute approximate surface area is 723 Å². The van der Waals surface area contributed by atoms with Crippen LogP contribution in [-0.4, -0.2) is 299 Å². The first kappa shape index (κ1) is 87.2. The van der Waals surface area contributed by atoms with Crippen LogP contribution in [-0.2, 0) is 52.6 Å². The molecule has 3 amide bonds. The summed E-state index contributed by atoms with van der Waals surface area (Å²) in [5.74, 6) is 1.93. The first-order valence-corrected chi connectivity index (χ1v) is 42.6. The lowest BCUT2D eigenvalue weighted by molar-refractivity contribution is -0.124. The number of anilines is 9. The number of pyridine rings is 2. The van der Waals surface area contributed by atoms with Crippen LogP contribution in [0.25, 0.3) is 27.8 Å². The van der Waals surface area contributed by atoms with Gasteiger partial charge >= 0.3 is 0 Å². The normalized spacial score (nSPS) is 17.2. The number of aryl methyl sites for hydroxylation is 3. The molecular formula is C91H113N25O8. The highest BCUT2D eigenvalue weighted by atomic mass is 16.5. The zero-order valence-electron chi connectivity index (χ0n) is 72.4. The predicted molar refractivity (Wildman–Crippen MR) is 481 cm³/mol. The average molecular weight is 1690 g/mol. The second-order valence-electron chi connectivity index (χ2n) is 32.3. The van der Waals surface area contributed by atoms with Gasteiger partial charge < -0.3 is 75.6 Å². The molecule has 3 aliphatic carbocycles. The number of carbonyl (C=O) groups is 3. The lowest BCUT2D eigenvalue weighted by Crippen LogP contribution is -2.54. The zero-order valence-corrected chi connectivity index (χ0v) is 72.4. The van der Waals surface area contributed by atoms with Crippen molar-refractivity contribution in [1.82, 2.24) is 94.6 Å². The molecule has 0 radical (unpaired) electrons. The van der Waals surface area contributed by atoms with E-state index in [9.17, 15) is 14.4 Å². The van der Waals surface area contributed by atoms with Crippen LogP contribution in [0.5, 0.6) is 5.88 Å².